The van der Waals surface area contributed by atoms with Crippen molar-refractivity contribution in [2.75, 3.05) is 51.7 Å². The van der Waals surface area contributed by atoms with Gasteiger partial charge in [-0.2, -0.15) is 0 Å². The molecule has 12 heteroatoms. The fraction of sp³-hybridized carbons (Fsp3) is 1.00. The highest BCUT2D eigenvalue weighted by atomic mass is 28.5. The van der Waals surface area contributed by atoms with Gasteiger partial charge in [0, 0.05) is 6.61 Å². The maximum Gasteiger partial charge on any atom is 0.350 e. The van der Waals surface area contributed by atoms with Crippen molar-refractivity contribution in [2.24, 2.45) is 5.92 Å². The van der Waals surface area contributed by atoms with E-state index in [1.165, 1.54) is 12.8 Å². The molecule has 164 valence electrons. The van der Waals surface area contributed by atoms with E-state index in [9.17, 15) is 9.59 Å². The first-order chi connectivity index (χ1) is 13.1. The molecule has 0 amide bonds. The van der Waals surface area contributed by atoms with Crippen LogP contribution in [-0.2, 0) is 31.9 Å². The fourth-order valence-electron chi connectivity index (χ4n) is 2.85. The van der Waals surface area contributed by atoms with E-state index in [0.717, 1.165) is 0 Å². The van der Waals surface area contributed by atoms with Crippen LogP contribution >= 0.6 is 0 Å². The lowest BCUT2D eigenvalue weighted by molar-refractivity contribution is 0.103. The highest BCUT2D eigenvalue weighted by Gasteiger charge is 2.47. The van der Waals surface area contributed by atoms with Gasteiger partial charge in [0.15, 0.2) is 0 Å². The summed E-state index contributed by atoms with van der Waals surface area (Å²) < 4.78 is 39.4. The molecule has 3 fully saturated rings. The van der Waals surface area contributed by atoms with Gasteiger partial charge in [-0.1, -0.05) is 0 Å². The number of hydrogen-bond acceptors (Lipinski definition) is 9. The van der Waals surface area contributed by atoms with E-state index in [-0.39, 0.29) is 30.9 Å². The van der Waals surface area contributed by atoms with Gasteiger partial charge in [-0.25, -0.2) is 0 Å². The Morgan fingerprint density at radius 2 is 1.18 bits per heavy atom. The molecule has 1 saturated carbocycles. The smallest absolute Gasteiger partial charge is 0.350 e. The van der Waals surface area contributed by atoms with Gasteiger partial charge in [-0.3, -0.25) is 0 Å². The summed E-state index contributed by atoms with van der Waals surface area (Å²) in [5, 5.41) is 0. The molecular formula is C16H34O9Si3. The molecule has 3 aliphatic rings. The summed E-state index contributed by atoms with van der Waals surface area (Å²) in [6.45, 7) is 8.13. The monoisotopic (exact) mass is 454 g/mol. The summed E-state index contributed by atoms with van der Waals surface area (Å²) >= 11 is 0. The Kier molecular flexibility index (Phi) is 7.89. The first kappa shape index (κ1) is 23.0. The van der Waals surface area contributed by atoms with Crippen LogP contribution in [0.4, 0.5) is 0 Å². The molecule has 0 aromatic carbocycles. The molecule has 3 rings (SSSR count). The summed E-state index contributed by atoms with van der Waals surface area (Å²) in [7, 11) is -9.31. The topological polar surface area (TPSA) is 112 Å². The SMILES string of the molecule is C[Si](O)(COCC1CC1)O[Si](C)(COCC1CO1)O[Si](C)(O)COCC1CO1. The minimum Gasteiger partial charge on any atom is -0.413 e. The van der Waals surface area contributed by atoms with Crippen molar-refractivity contribution in [3.05, 3.63) is 0 Å². The molecule has 2 aliphatic heterocycles. The normalized spacial score (nSPS) is 30.3. The van der Waals surface area contributed by atoms with Crippen LogP contribution in [0, 0.1) is 5.92 Å². The van der Waals surface area contributed by atoms with Crippen LogP contribution in [0.2, 0.25) is 19.6 Å². The van der Waals surface area contributed by atoms with Gasteiger partial charge in [0.2, 0.25) is 0 Å². The Morgan fingerprint density at radius 3 is 1.61 bits per heavy atom. The fourth-order valence-corrected chi connectivity index (χ4v) is 13.3. The summed E-state index contributed by atoms with van der Waals surface area (Å²) in [5.41, 5.74) is 0. The lowest BCUT2D eigenvalue weighted by Gasteiger charge is -2.37. The second-order valence-electron chi connectivity index (χ2n) is 8.59. The van der Waals surface area contributed by atoms with Gasteiger partial charge in [-0.15, -0.1) is 0 Å². The zero-order chi connectivity index (χ0) is 20.3. The van der Waals surface area contributed by atoms with E-state index in [0.29, 0.717) is 39.0 Å². The van der Waals surface area contributed by atoms with Gasteiger partial charge in [0.05, 0.1) is 45.1 Å². The van der Waals surface area contributed by atoms with Crippen LogP contribution in [0.1, 0.15) is 12.8 Å². The average Bonchev–Trinajstić information content (AvgIpc) is 3.40. The Balaban J connectivity index is 1.50. The number of ether oxygens (including phenoxy) is 5. The minimum atomic E-state index is -3.16. The van der Waals surface area contributed by atoms with E-state index in [2.05, 4.69) is 0 Å². The third-order valence-electron chi connectivity index (χ3n) is 4.44. The Hall–Kier alpha value is 0.291. The lowest BCUT2D eigenvalue weighted by Crippen LogP contribution is -2.61. The largest absolute Gasteiger partial charge is 0.413 e. The molecule has 2 saturated heterocycles. The Labute approximate surface area is 169 Å². The molecule has 0 radical (unpaired) electrons. The van der Waals surface area contributed by atoms with Crippen LogP contribution in [0.25, 0.3) is 0 Å². The maximum absolute atomic E-state index is 10.8. The maximum atomic E-state index is 10.8. The molecule has 5 atom stereocenters. The molecule has 0 aromatic heterocycles. The van der Waals surface area contributed by atoms with Crippen molar-refractivity contribution in [1.82, 2.24) is 0 Å². The predicted octanol–water partition coefficient (Wildman–Crippen LogP) is 0.0952. The quantitative estimate of drug-likeness (QED) is 0.248. The van der Waals surface area contributed by atoms with Crippen LogP contribution in [0.3, 0.4) is 0 Å². The third-order valence-corrected chi connectivity index (χ3v) is 13.6. The first-order valence-corrected chi connectivity index (χ1v) is 17.6. The minimum absolute atomic E-state index is 0.117. The van der Waals surface area contributed by atoms with Gasteiger partial charge in [-0.05, 0) is 38.4 Å². The molecule has 0 bridgehead atoms. The van der Waals surface area contributed by atoms with Crippen LogP contribution in [0.15, 0.2) is 0 Å². The highest BCUT2D eigenvalue weighted by molar-refractivity contribution is 6.85. The van der Waals surface area contributed by atoms with E-state index < -0.39 is 25.7 Å². The van der Waals surface area contributed by atoms with Crippen molar-refractivity contribution < 1.29 is 41.5 Å². The molecule has 2 heterocycles. The zero-order valence-electron chi connectivity index (χ0n) is 17.1. The summed E-state index contributed by atoms with van der Waals surface area (Å²) in [5.74, 6) is 0.618. The van der Waals surface area contributed by atoms with Gasteiger partial charge >= 0.3 is 25.7 Å². The molecule has 0 aromatic rings. The van der Waals surface area contributed by atoms with Crippen LogP contribution in [-0.4, -0.2) is 99.2 Å². The highest BCUT2D eigenvalue weighted by Crippen LogP contribution is 2.29. The Morgan fingerprint density at radius 1 is 0.750 bits per heavy atom. The predicted molar refractivity (Wildman–Crippen MR) is 106 cm³/mol. The van der Waals surface area contributed by atoms with Gasteiger partial charge < -0.3 is 41.5 Å². The van der Waals surface area contributed by atoms with E-state index in [1.807, 2.05) is 6.55 Å². The first-order valence-electron chi connectivity index (χ1n) is 9.96. The molecule has 5 unspecified atom stereocenters. The molecule has 1 aliphatic carbocycles. The second kappa shape index (κ2) is 9.62. The zero-order valence-corrected chi connectivity index (χ0v) is 20.1. The number of hydrogen-bond donors (Lipinski definition) is 2. The summed E-state index contributed by atoms with van der Waals surface area (Å²) in [6, 6.07) is 0. The molecular weight excluding hydrogens is 420 g/mol. The van der Waals surface area contributed by atoms with Crippen molar-refractivity contribution in [3.8, 4) is 0 Å². The van der Waals surface area contributed by atoms with Crippen LogP contribution in [0.5, 0.6) is 0 Å². The summed E-state index contributed by atoms with van der Waals surface area (Å²) in [4.78, 5) is 21.6. The number of epoxide rings is 2. The van der Waals surface area contributed by atoms with Gasteiger partial charge in [0.25, 0.3) is 0 Å². The van der Waals surface area contributed by atoms with E-state index in [4.69, 9.17) is 31.9 Å². The second-order valence-corrected chi connectivity index (χ2v) is 18.1. The van der Waals surface area contributed by atoms with Crippen molar-refractivity contribution >= 4 is 25.7 Å². The summed E-state index contributed by atoms with van der Waals surface area (Å²) in [6.07, 6.45) is 3.14. The molecule has 9 nitrogen and oxygen atoms in total. The van der Waals surface area contributed by atoms with E-state index in [1.54, 1.807) is 13.1 Å². The van der Waals surface area contributed by atoms with Crippen molar-refractivity contribution in [3.63, 3.8) is 0 Å². The standard InChI is InChI=1S/C16H34O9Si3/c1-26(17,11-19-6-14-4-5-14)24-28(3,13-21-8-16-10-23-16)25-27(2,18)12-20-7-15-9-22-15/h14-18H,4-13H2,1-3H3. The van der Waals surface area contributed by atoms with Crippen molar-refractivity contribution in [1.29, 1.82) is 0 Å². The van der Waals surface area contributed by atoms with Gasteiger partial charge in [0.1, 0.15) is 12.2 Å². The third kappa shape index (κ3) is 9.40. The molecule has 28 heavy (non-hydrogen) atoms. The lowest BCUT2D eigenvalue weighted by atomic mass is 10.5. The van der Waals surface area contributed by atoms with Crippen molar-refractivity contribution in [2.45, 2.75) is 44.7 Å². The molecule has 0 spiro atoms. The Bertz CT molecular complexity index is 464. The molecule has 2 N–H and O–H groups in total. The van der Waals surface area contributed by atoms with Crippen LogP contribution < -0.4 is 0 Å². The average molecular weight is 455 g/mol. The number of rotatable bonds is 16. The van der Waals surface area contributed by atoms with E-state index >= 15 is 0 Å².